The van der Waals surface area contributed by atoms with Crippen molar-refractivity contribution in [3.05, 3.63) is 0 Å². The molecule has 0 amide bonds. The molecule has 0 N–H and O–H groups in total. The smallest absolute Gasteiger partial charge is 0.0101 e. The van der Waals surface area contributed by atoms with Crippen molar-refractivity contribution in [2.45, 2.75) is 71.8 Å². The van der Waals surface area contributed by atoms with Crippen molar-refractivity contribution in [2.75, 3.05) is 32.7 Å². The number of likely N-dealkylation sites (tertiary alicyclic amines) is 2. The highest BCUT2D eigenvalue weighted by molar-refractivity contribution is 4.92. The lowest BCUT2D eigenvalue weighted by Gasteiger charge is -2.48. The average Bonchev–Trinajstić information content (AvgIpc) is 2.52. The van der Waals surface area contributed by atoms with Gasteiger partial charge in [-0.1, -0.05) is 27.2 Å². The Bertz CT molecular complexity index is 329. The largest absolute Gasteiger partial charge is 0.304 e. The van der Waals surface area contributed by atoms with Gasteiger partial charge < -0.3 is 9.80 Å². The molecule has 0 spiro atoms. The molecule has 2 heterocycles. The summed E-state index contributed by atoms with van der Waals surface area (Å²) in [7, 11) is 0. The van der Waals surface area contributed by atoms with Crippen LogP contribution in [-0.2, 0) is 0 Å². The topological polar surface area (TPSA) is 6.48 Å². The van der Waals surface area contributed by atoms with Crippen LogP contribution in [0.15, 0.2) is 0 Å². The van der Waals surface area contributed by atoms with E-state index >= 15 is 0 Å². The molecule has 2 atom stereocenters. The summed E-state index contributed by atoms with van der Waals surface area (Å²) in [5.74, 6) is 4.02. The molecule has 3 rings (SSSR count). The standard InChI is InChI=1S/C20H38N2/c1-4-19-15-22(11-6-16(19)3)20-13-18(14-20)12-17-7-9-21(5-2)10-8-17/h16-20H,4-15H2,1-3H3/t16-,18?,19?,20?/m0/s1. The van der Waals surface area contributed by atoms with Crippen LogP contribution in [0.4, 0.5) is 0 Å². The highest BCUT2D eigenvalue weighted by Gasteiger charge is 2.38. The molecule has 1 unspecified atom stereocenters. The molecule has 22 heavy (non-hydrogen) atoms. The molecule has 0 aromatic rings. The third-order valence-corrected chi connectivity index (χ3v) is 7.22. The number of nitrogens with zero attached hydrogens (tertiary/aromatic N) is 2. The zero-order valence-corrected chi connectivity index (χ0v) is 15.3. The SMILES string of the molecule is CCC1CN(C2CC(CC3CCN(CC)CC3)C2)CC[C@@H]1C. The van der Waals surface area contributed by atoms with E-state index in [4.69, 9.17) is 0 Å². The molecule has 2 aliphatic heterocycles. The van der Waals surface area contributed by atoms with Crippen molar-refractivity contribution >= 4 is 0 Å². The third-order valence-electron chi connectivity index (χ3n) is 7.22. The van der Waals surface area contributed by atoms with E-state index < -0.39 is 0 Å². The molecule has 3 fully saturated rings. The Hall–Kier alpha value is -0.0800. The molecule has 1 aliphatic carbocycles. The molecule has 0 bridgehead atoms. The van der Waals surface area contributed by atoms with Crippen LogP contribution in [0.25, 0.3) is 0 Å². The van der Waals surface area contributed by atoms with Gasteiger partial charge in [0.05, 0.1) is 0 Å². The Labute approximate surface area is 138 Å². The number of hydrogen-bond donors (Lipinski definition) is 0. The maximum absolute atomic E-state index is 2.85. The summed E-state index contributed by atoms with van der Waals surface area (Å²) in [6.45, 7) is 13.9. The van der Waals surface area contributed by atoms with Crippen LogP contribution in [0, 0.1) is 23.7 Å². The maximum Gasteiger partial charge on any atom is 0.0101 e. The molecule has 1 saturated carbocycles. The van der Waals surface area contributed by atoms with Gasteiger partial charge in [-0.2, -0.15) is 0 Å². The highest BCUT2D eigenvalue weighted by atomic mass is 15.2. The van der Waals surface area contributed by atoms with Gasteiger partial charge in [-0.3, -0.25) is 0 Å². The fourth-order valence-corrected chi connectivity index (χ4v) is 5.24. The van der Waals surface area contributed by atoms with Crippen molar-refractivity contribution in [1.29, 1.82) is 0 Å². The predicted octanol–water partition coefficient (Wildman–Crippen LogP) is 4.26. The van der Waals surface area contributed by atoms with Crippen molar-refractivity contribution in [2.24, 2.45) is 23.7 Å². The summed E-state index contributed by atoms with van der Waals surface area (Å²) in [6.07, 6.45) is 10.3. The third kappa shape index (κ3) is 3.87. The van der Waals surface area contributed by atoms with Gasteiger partial charge >= 0.3 is 0 Å². The summed E-state index contributed by atoms with van der Waals surface area (Å²) in [4.78, 5) is 5.48. The van der Waals surface area contributed by atoms with Crippen LogP contribution in [0.5, 0.6) is 0 Å². The van der Waals surface area contributed by atoms with Crippen molar-refractivity contribution in [1.82, 2.24) is 9.80 Å². The van der Waals surface area contributed by atoms with Gasteiger partial charge in [-0.25, -0.2) is 0 Å². The maximum atomic E-state index is 2.85. The second-order valence-corrected chi connectivity index (χ2v) is 8.53. The minimum atomic E-state index is 0.947. The Morgan fingerprint density at radius 2 is 1.64 bits per heavy atom. The minimum Gasteiger partial charge on any atom is -0.304 e. The van der Waals surface area contributed by atoms with E-state index in [1.54, 1.807) is 0 Å². The first kappa shape index (κ1) is 16.8. The lowest BCUT2D eigenvalue weighted by atomic mass is 9.71. The van der Waals surface area contributed by atoms with Crippen LogP contribution < -0.4 is 0 Å². The fraction of sp³-hybridized carbons (Fsp3) is 1.00. The second kappa shape index (κ2) is 7.66. The number of rotatable bonds is 5. The Kier molecular flexibility index (Phi) is 5.84. The highest BCUT2D eigenvalue weighted by Crippen LogP contribution is 2.40. The van der Waals surface area contributed by atoms with E-state index in [9.17, 15) is 0 Å². The van der Waals surface area contributed by atoms with E-state index in [1.807, 2.05) is 0 Å². The summed E-state index contributed by atoms with van der Waals surface area (Å²) in [5, 5.41) is 0. The zero-order valence-electron chi connectivity index (χ0n) is 15.3. The van der Waals surface area contributed by atoms with E-state index in [0.29, 0.717) is 0 Å². The first-order valence-corrected chi connectivity index (χ1v) is 10.2. The van der Waals surface area contributed by atoms with Gasteiger partial charge in [-0.05, 0) is 88.4 Å². The zero-order chi connectivity index (χ0) is 15.5. The predicted molar refractivity (Wildman–Crippen MR) is 95.1 cm³/mol. The average molecular weight is 307 g/mol. The normalized spacial score (nSPS) is 38.9. The van der Waals surface area contributed by atoms with Gasteiger partial charge in [0.15, 0.2) is 0 Å². The molecule has 0 radical (unpaired) electrons. The summed E-state index contributed by atoms with van der Waals surface area (Å²) < 4.78 is 0. The molecule has 3 aliphatic rings. The van der Waals surface area contributed by atoms with E-state index in [0.717, 1.165) is 29.7 Å². The molecule has 2 nitrogen and oxygen atoms in total. The van der Waals surface area contributed by atoms with Crippen LogP contribution in [0.3, 0.4) is 0 Å². The first-order valence-electron chi connectivity index (χ1n) is 10.2. The lowest BCUT2D eigenvalue weighted by molar-refractivity contribution is 0.0129. The Balaban J connectivity index is 1.36. The lowest BCUT2D eigenvalue weighted by Crippen LogP contribution is -2.51. The summed E-state index contributed by atoms with van der Waals surface area (Å²) >= 11 is 0. The van der Waals surface area contributed by atoms with Crippen molar-refractivity contribution < 1.29 is 0 Å². The van der Waals surface area contributed by atoms with Crippen LogP contribution >= 0.6 is 0 Å². The van der Waals surface area contributed by atoms with E-state index in [-0.39, 0.29) is 0 Å². The minimum absolute atomic E-state index is 0.947. The van der Waals surface area contributed by atoms with Gasteiger partial charge in [0.1, 0.15) is 0 Å². The van der Waals surface area contributed by atoms with Crippen LogP contribution in [-0.4, -0.2) is 48.6 Å². The monoisotopic (exact) mass is 306 g/mol. The van der Waals surface area contributed by atoms with E-state index in [2.05, 4.69) is 30.6 Å². The molecule has 128 valence electrons. The van der Waals surface area contributed by atoms with Crippen molar-refractivity contribution in [3.8, 4) is 0 Å². The molecule has 0 aromatic carbocycles. The summed E-state index contributed by atoms with van der Waals surface area (Å²) in [6, 6.07) is 0.947. The van der Waals surface area contributed by atoms with Crippen LogP contribution in [0.1, 0.15) is 65.7 Å². The Morgan fingerprint density at radius 1 is 0.909 bits per heavy atom. The number of hydrogen-bond acceptors (Lipinski definition) is 2. The first-order chi connectivity index (χ1) is 10.7. The number of piperidine rings is 2. The van der Waals surface area contributed by atoms with Crippen LogP contribution in [0.2, 0.25) is 0 Å². The fourth-order valence-electron chi connectivity index (χ4n) is 5.24. The summed E-state index contributed by atoms with van der Waals surface area (Å²) in [5.41, 5.74) is 0. The quantitative estimate of drug-likeness (QED) is 0.749. The van der Waals surface area contributed by atoms with Crippen molar-refractivity contribution in [3.63, 3.8) is 0 Å². The molecule has 2 heteroatoms. The second-order valence-electron chi connectivity index (χ2n) is 8.53. The van der Waals surface area contributed by atoms with Gasteiger partial charge in [0, 0.05) is 12.6 Å². The van der Waals surface area contributed by atoms with E-state index in [1.165, 1.54) is 77.7 Å². The molecular formula is C20H38N2. The van der Waals surface area contributed by atoms with Gasteiger partial charge in [0.2, 0.25) is 0 Å². The Morgan fingerprint density at radius 3 is 2.27 bits per heavy atom. The molecular weight excluding hydrogens is 268 g/mol. The molecule has 0 aromatic heterocycles. The van der Waals surface area contributed by atoms with Gasteiger partial charge in [0.25, 0.3) is 0 Å². The van der Waals surface area contributed by atoms with Gasteiger partial charge in [-0.15, -0.1) is 0 Å². The molecule has 2 saturated heterocycles.